The third kappa shape index (κ3) is 4.54. The third-order valence-corrected chi connectivity index (χ3v) is 4.69. The van der Waals surface area contributed by atoms with Crippen LogP contribution in [0.25, 0.3) is 22.5 Å². The molecule has 0 fully saturated rings. The molecule has 0 unspecified atom stereocenters. The molecule has 2 aromatic carbocycles. The number of aromatic hydroxyl groups is 1. The molecule has 3 rings (SSSR count). The Hall–Kier alpha value is -3.41. The topological polar surface area (TPSA) is 86.3 Å². The molecule has 1 aromatic heterocycles. The molecule has 0 saturated heterocycles. The summed E-state index contributed by atoms with van der Waals surface area (Å²) >= 11 is 0. The lowest BCUT2D eigenvalue weighted by Gasteiger charge is -2.19. The van der Waals surface area contributed by atoms with E-state index in [0.717, 1.165) is 5.56 Å². The molecule has 0 aliphatic heterocycles. The molecule has 0 atom stereocenters. The van der Waals surface area contributed by atoms with Crippen LogP contribution < -0.4 is 5.69 Å². The highest BCUT2D eigenvalue weighted by Gasteiger charge is 2.14. The highest BCUT2D eigenvalue weighted by Crippen LogP contribution is 2.31. The normalized spacial score (nSPS) is 10.9. The standard InChI is InChI=1S/C23H25N3O3/c1-14(2)13-26(4)22(28)17-10-8-16(9-11-17)19-12-20(25-23(29)24-19)18-7-5-6-15(3)21(18)27/h5-12,14,27H,13H2,1-4H3,(H,24,25,29). The number of nitrogens with zero attached hydrogens (tertiary/aromatic N) is 2. The number of H-pyrrole nitrogens is 1. The Bertz CT molecular complexity index is 1090. The van der Waals surface area contributed by atoms with E-state index in [1.54, 1.807) is 61.3 Å². The van der Waals surface area contributed by atoms with Crippen molar-refractivity contribution in [3.05, 3.63) is 70.1 Å². The second kappa shape index (κ2) is 8.31. The summed E-state index contributed by atoms with van der Waals surface area (Å²) in [5.74, 6) is 0.462. The van der Waals surface area contributed by atoms with Crippen LogP contribution in [0.3, 0.4) is 0 Å². The summed E-state index contributed by atoms with van der Waals surface area (Å²) < 4.78 is 0. The number of nitrogens with one attached hydrogen (secondary N) is 1. The van der Waals surface area contributed by atoms with Crippen LogP contribution in [-0.4, -0.2) is 39.5 Å². The fourth-order valence-corrected chi connectivity index (χ4v) is 3.26. The zero-order chi connectivity index (χ0) is 21.1. The van der Waals surface area contributed by atoms with E-state index in [9.17, 15) is 14.7 Å². The van der Waals surface area contributed by atoms with Gasteiger partial charge in [0, 0.05) is 30.3 Å². The molecular formula is C23H25N3O3. The van der Waals surface area contributed by atoms with Gasteiger partial charge in [-0.15, -0.1) is 0 Å². The molecule has 0 bridgehead atoms. The van der Waals surface area contributed by atoms with Gasteiger partial charge in [0.05, 0.1) is 11.4 Å². The monoisotopic (exact) mass is 391 g/mol. The number of aromatic amines is 1. The van der Waals surface area contributed by atoms with E-state index in [-0.39, 0.29) is 11.7 Å². The summed E-state index contributed by atoms with van der Waals surface area (Å²) in [5.41, 5.74) is 3.00. The number of phenols is 1. The van der Waals surface area contributed by atoms with Crippen molar-refractivity contribution in [1.29, 1.82) is 0 Å². The van der Waals surface area contributed by atoms with E-state index < -0.39 is 5.69 Å². The first kappa shape index (κ1) is 20.3. The minimum absolute atomic E-state index is 0.0468. The molecule has 0 radical (unpaired) electrons. The molecule has 1 heterocycles. The maximum absolute atomic E-state index is 12.5. The average Bonchev–Trinajstić information content (AvgIpc) is 2.68. The number of hydrogen-bond donors (Lipinski definition) is 2. The van der Waals surface area contributed by atoms with E-state index in [1.807, 2.05) is 6.07 Å². The average molecular weight is 391 g/mol. The summed E-state index contributed by atoms with van der Waals surface area (Å²) in [7, 11) is 1.79. The van der Waals surface area contributed by atoms with Gasteiger partial charge in [-0.05, 0) is 42.7 Å². The number of rotatable bonds is 5. The number of amides is 1. The third-order valence-electron chi connectivity index (χ3n) is 4.69. The second-order valence-corrected chi connectivity index (χ2v) is 7.61. The summed E-state index contributed by atoms with van der Waals surface area (Å²) in [6, 6.07) is 14.1. The molecule has 0 saturated carbocycles. The van der Waals surface area contributed by atoms with Crippen molar-refractivity contribution in [1.82, 2.24) is 14.9 Å². The van der Waals surface area contributed by atoms with Gasteiger partial charge in [-0.2, -0.15) is 4.98 Å². The predicted octanol–water partition coefficient (Wildman–Crippen LogP) is 3.85. The van der Waals surface area contributed by atoms with Crippen molar-refractivity contribution in [2.24, 2.45) is 5.92 Å². The van der Waals surface area contributed by atoms with Crippen molar-refractivity contribution in [2.45, 2.75) is 20.8 Å². The van der Waals surface area contributed by atoms with Gasteiger partial charge < -0.3 is 15.0 Å². The predicted molar refractivity (Wildman–Crippen MR) is 114 cm³/mol. The van der Waals surface area contributed by atoms with E-state index in [2.05, 4.69) is 23.8 Å². The van der Waals surface area contributed by atoms with Crippen LogP contribution in [0.5, 0.6) is 5.75 Å². The van der Waals surface area contributed by atoms with Gasteiger partial charge in [-0.1, -0.05) is 38.1 Å². The van der Waals surface area contributed by atoms with Crippen LogP contribution in [-0.2, 0) is 0 Å². The first-order valence-corrected chi connectivity index (χ1v) is 9.52. The number of hydrogen-bond acceptors (Lipinski definition) is 4. The van der Waals surface area contributed by atoms with Gasteiger partial charge in [0.2, 0.25) is 0 Å². The second-order valence-electron chi connectivity index (χ2n) is 7.61. The Morgan fingerprint density at radius 3 is 2.52 bits per heavy atom. The van der Waals surface area contributed by atoms with E-state index in [4.69, 9.17) is 0 Å². The van der Waals surface area contributed by atoms with Crippen LogP contribution in [0.15, 0.2) is 53.3 Å². The Morgan fingerprint density at radius 2 is 1.86 bits per heavy atom. The van der Waals surface area contributed by atoms with E-state index >= 15 is 0 Å². The maximum Gasteiger partial charge on any atom is 0.345 e. The number of carbonyl (C=O) groups excluding carboxylic acids is 1. The Balaban J connectivity index is 1.94. The van der Waals surface area contributed by atoms with Gasteiger partial charge in [0.1, 0.15) is 5.75 Å². The highest BCUT2D eigenvalue weighted by molar-refractivity contribution is 5.94. The van der Waals surface area contributed by atoms with Crippen molar-refractivity contribution >= 4 is 5.91 Å². The summed E-state index contributed by atoms with van der Waals surface area (Å²) in [4.78, 5) is 33.0. The highest BCUT2D eigenvalue weighted by atomic mass is 16.3. The molecule has 6 heteroatoms. The zero-order valence-electron chi connectivity index (χ0n) is 17.1. The molecule has 0 aliphatic carbocycles. The minimum atomic E-state index is -0.504. The summed E-state index contributed by atoms with van der Waals surface area (Å²) in [6.45, 7) is 6.61. The van der Waals surface area contributed by atoms with Crippen LogP contribution >= 0.6 is 0 Å². The molecule has 6 nitrogen and oxygen atoms in total. The van der Waals surface area contributed by atoms with Crippen LogP contribution in [0, 0.1) is 12.8 Å². The number of aromatic nitrogens is 2. The molecular weight excluding hydrogens is 366 g/mol. The van der Waals surface area contributed by atoms with Crippen LogP contribution in [0.1, 0.15) is 29.8 Å². The van der Waals surface area contributed by atoms with Gasteiger partial charge >= 0.3 is 5.69 Å². The number of aryl methyl sites for hydroxylation is 1. The zero-order valence-corrected chi connectivity index (χ0v) is 17.1. The Labute approximate surface area is 169 Å². The van der Waals surface area contributed by atoms with Gasteiger partial charge in [0.25, 0.3) is 5.91 Å². The van der Waals surface area contributed by atoms with Crippen molar-refractivity contribution in [2.75, 3.05) is 13.6 Å². The van der Waals surface area contributed by atoms with Crippen molar-refractivity contribution in [3.63, 3.8) is 0 Å². The fourth-order valence-electron chi connectivity index (χ4n) is 3.26. The molecule has 29 heavy (non-hydrogen) atoms. The SMILES string of the molecule is Cc1cccc(-c2cc(-c3ccc(C(=O)N(C)CC(C)C)cc3)nc(=O)[nH]2)c1O. The molecule has 1 amide bonds. The lowest BCUT2D eigenvalue weighted by atomic mass is 10.0. The van der Waals surface area contributed by atoms with Gasteiger partial charge in [-0.25, -0.2) is 4.79 Å². The first-order valence-electron chi connectivity index (χ1n) is 9.52. The van der Waals surface area contributed by atoms with E-state index in [0.29, 0.717) is 40.5 Å². The number of para-hydroxylation sites is 1. The molecule has 3 aromatic rings. The van der Waals surface area contributed by atoms with Crippen LogP contribution in [0.4, 0.5) is 0 Å². The van der Waals surface area contributed by atoms with Crippen LogP contribution in [0.2, 0.25) is 0 Å². The molecule has 0 aliphatic rings. The largest absolute Gasteiger partial charge is 0.507 e. The lowest BCUT2D eigenvalue weighted by molar-refractivity contribution is 0.0779. The van der Waals surface area contributed by atoms with Gasteiger partial charge in [-0.3, -0.25) is 4.79 Å². The number of carbonyl (C=O) groups is 1. The summed E-state index contributed by atoms with van der Waals surface area (Å²) in [6.07, 6.45) is 0. The Morgan fingerprint density at radius 1 is 1.17 bits per heavy atom. The van der Waals surface area contributed by atoms with Crippen molar-refractivity contribution in [3.8, 4) is 28.3 Å². The number of benzene rings is 2. The van der Waals surface area contributed by atoms with E-state index in [1.165, 1.54) is 0 Å². The quantitative estimate of drug-likeness (QED) is 0.692. The number of phenolic OH excluding ortho intramolecular Hbond substituents is 1. The fraction of sp³-hybridized carbons (Fsp3) is 0.261. The summed E-state index contributed by atoms with van der Waals surface area (Å²) in [5, 5.41) is 10.3. The van der Waals surface area contributed by atoms with Crippen molar-refractivity contribution < 1.29 is 9.90 Å². The molecule has 0 spiro atoms. The smallest absolute Gasteiger partial charge is 0.345 e. The maximum atomic E-state index is 12.5. The minimum Gasteiger partial charge on any atom is -0.507 e. The first-order chi connectivity index (χ1) is 13.8. The van der Waals surface area contributed by atoms with Gasteiger partial charge in [0.15, 0.2) is 0 Å². The lowest BCUT2D eigenvalue weighted by Crippen LogP contribution is -2.30. The Kier molecular flexibility index (Phi) is 5.82. The molecule has 2 N–H and O–H groups in total. The molecule has 150 valence electrons.